The molecule has 0 spiro atoms. The molecule has 1 radical (unpaired) electrons. The van der Waals surface area contributed by atoms with Crippen LogP contribution in [0.1, 0.15) is 19.3 Å². The van der Waals surface area contributed by atoms with Crippen LogP contribution in [0, 0.1) is 6.42 Å². The molecule has 1 saturated heterocycles. The largest absolute Gasteiger partial charge is 0.411 e. The standard InChI is InChI=1S/C9H15N2O2/c1-11-5-2-3-9(11)7-8(10-13)4-6-12/h6-7,9,13H,2-5H2,1H3. The molecule has 0 aromatic carbocycles. The smallest absolute Gasteiger partial charge is 0.125 e. The molecule has 73 valence electrons. The number of rotatable bonds is 4. The van der Waals surface area contributed by atoms with E-state index in [1.807, 2.05) is 13.5 Å². The van der Waals surface area contributed by atoms with Crippen molar-refractivity contribution in [2.45, 2.75) is 25.3 Å². The lowest BCUT2D eigenvalue weighted by molar-refractivity contribution is -0.106. The third-order valence-corrected chi connectivity index (χ3v) is 2.38. The molecule has 1 aliphatic rings. The molecule has 0 aromatic rings. The molecule has 0 bridgehead atoms. The third kappa shape index (κ3) is 2.81. The summed E-state index contributed by atoms with van der Waals surface area (Å²) in [6.07, 6.45) is 5.05. The Morgan fingerprint density at radius 2 is 2.54 bits per heavy atom. The number of hydrogen-bond acceptors (Lipinski definition) is 4. The monoisotopic (exact) mass is 183 g/mol. The van der Waals surface area contributed by atoms with Gasteiger partial charge in [-0.25, -0.2) is 0 Å². The highest BCUT2D eigenvalue weighted by atomic mass is 16.4. The number of likely N-dealkylation sites (tertiary alicyclic amines) is 1. The van der Waals surface area contributed by atoms with E-state index in [1.54, 1.807) is 0 Å². The minimum absolute atomic E-state index is 0.195. The summed E-state index contributed by atoms with van der Waals surface area (Å²) >= 11 is 0. The van der Waals surface area contributed by atoms with E-state index < -0.39 is 0 Å². The molecule has 0 amide bonds. The molecule has 0 aliphatic carbocycles. The number of nitrogens with zero attached hydrogens (tertiary/aromatic N) is 2. The molecular formula is C9H15N2O2. The summed E-state index contributed by atoms with van der Waals surface area (Å²) < 4.78 is 0. The van der Waals surface area contributed by atoms with Gasteiger partial charge in [-0.15, -0.1) is 0 Å². The fraction of sp³-hybridized carbons (Fsp3) is 0.667. The second-order valence-corrected chi connectivity index (χ2v) is 3.32. The fourth-order valence-electron chi connectivity index (χ4n) is 1.60. The maximum atomic E-state index is 10.2. The Morgan fingerprint density at radius 1 is 1.77 bits per heavy atom. The predicted octanol–water partition coefficient (Wildman–Crippen LogP) is 0.704. The molecule has 1 aliphatic heterocycles. The lowest BCUT2D eigenvalue weighted by Gasteiger charge is -2.18. The summed E-state index contributed by atoms with van der Waals surface area (Å²) in [5.74, 6) is 0. The van der Waals surface area contributed by atoms with E-state index >= 15 is 0 Å². The second-order valence-electron chi connectivity index (χ2n) is 3.32. The van der Waals surface area contributed by atoms with E-state index in [-0.39, 0.29) is 6.42 Å². The summed E-state index contributed by atoms with van der Waals surface area (Å²) in [5, 5.41) is 11.7. The molecule has 1 heterocycles. The van der Waals surface area contributed by atoms with Gasteiger partial charge in [-0.1, -0.05) is 5.16 Å². The number of oxime groups is 1. The van der Waals surface area contributed by atoms with Gasteiger partial charge in [0.1, 0.15) is 6.29 Å². The maximum Gasteiger partial charge on any atom is 0.125 e. The van der Waals surface area contributed by atoms with E-state index in [9.17, 15) is 4.79 Å². The zero-order chi connectivity index (χ0) is 9.68. The van der Waals surface area contributed by atoms with Crippen molar-refractivity contribution < 1.29 is 10.0 Å². The van der Waals surface area contributed by atoms with Crippen LogP contribution in [0.5, 0.6) is 0 Å². The van der Waals surface area contributed by atoms with Gasteiger partial charge in [-0.3, -0.25) is 0 Å². The Labute approximate surface area is 78.2 Å². The zero-order valence-corrected chi connectivity index (χ0v) is 7.81. The molecular weight excluding hydrogens is 168 g/mol. The van der Waals surface area contributed by atoms with Crippen LogP contribution in [0.2, 0.25) is 0 Å². The molecule has 1 rings (SSSR count). The summed E-state index contributed by atoms with van der Waals surface area (Å²) in [6, 6.07) is 0.325. The first-order valence-electron chi connectivity index (χ1n) is 4.47. The average Bonchev–Trinajstić information content (AvgIpc) is 2.51. The molecule has 0 saturated carbocycles. The van der Waals surface area contributed by atoms with Crippen molar-refractivity contribution in [2.24, 2.45) is 5.16 Å². The van der Waals surface area contributed by atoms with Crippen molar-refractivity contribution in [3.8, 4) is 0 Å². The quantitative estimate of drug-likeness (QED) is 0.302. The lowest BCUT2D eigenvalue weighted by atomic mass is 10.1. The van der Waals surface area contributed by atoms with Crippen molar-refractivity contribution in [3.05, 3.63) is 6.42 Å². The normalized spacial score (nSPS) is 25.0. The average molecular weight is 183 g/mol. The minimum Gasteiger partial charge on any atom is -0.411 e. The van der Waals surface area contributed by atoms with Crippen LogP contribution in [0.25, 0.3) is 0 Å². The van der Waals surface area contributed by atoms with Crippen LogP contribution in [0.3, 0.4) is 0 Å². The van der Waals surface area contributed by atoms with Crippen LogP contribution in [0.4, 0.5) is 0 Å². The predicted molar refractivity (Wildman–Crippen MR) is 49.9 cm³/mol. The van der Waals surface area contributed by atoms with Gasteiger partial charge in [0.25, 0.3) is 0 Å². The van der Waals surface area contributed by atoms with Gasteiger partial charge in [0.15, 0.2) is 0 Å². The lowest BCUT2D eigenvalue weighted by Crippen LogP contribution is -2.28. The van der Waals surface area contributed by atoms with Crippen molar-refractivity contribution in [1.29, 1.82) is 0 Å². The minimum atomic E-state index is 0.195. The summed E-state index contributed by atoms with van der Waals surface area (Å²) in [7, 11) is 2.03. The van der Waals surface area contributed by atoms with Crippen molar-refractivity contribution >= 4 is 12.0 Å². The summed E-state index contributed by atoms with van der Waals surface area (Å²) in [5.41, 5.74) is 0.466. The van der Waals surface area contributed by atoms with Crippen LogP contribution >= 0.6 is 0 Å². The fourth-order valence-corrected chi connectivity index (χ4v) is 1.60. The first kappa shape index (κ1) is 10.2. The Bertz CT molecular complexity index is 204. The summed E-state index contributed by atoms with van der Waals surface area (Å²) in [6.45, 7) is 1.07. The van der Waals surface area contributed by atoms with Crippen LogP contribution in [-0.2, 0) is 4.79 Å². The van der Waals surface area contributed by atoms with E-state index in [2.05, 4.69) is 10.1 Å². The Morgan fingerprint density at radius 3 is 3.00 bits per heavy atom. The molecule has 4 nitrogen and oxygen atoms in total. The van der Waals surface area contributed by atoms with Crippen molar-refractivity contribution in [1.82, 2.24) is 4.90 Å². The molecule has 1 unspecified atom stereocenters. The highest BCUT2D eigenvalue weighted by molar-refractivity contribution is 6.00. The number of carbonyl (C=O) groups is 1. The van der Waals surface area contributed by atoms with Crippen LogP contribution in [-0.4, -0.2) is 41.7 Å². The molecule has 4 heteroatoms. The summed E-state index contributed by atoms with van der Waals surface area (Å²) in [4.78, 5) is 12.4. The molecule has 0 aromatic heterocycles. The first-order chi connectivity index (χ1) is 6.27. The third-order valence-electron chi connectivity index (χ3n) is 2.38. The van der Waals surface area contributed by atoms with Gasteiger partial charge in [0.2, 0.25) is 0 Å². The van der Waals surface area contributed by atoms with E-state index in [1.165, 1.54) is 0 Å². The van der Waals surface area contributed by atoms with E-state index in [0.717, 1.165) is 25.7 Å². The van der Waals surface area contributed by atoms with Gasteiger partial charge in [-0.2, -0.15) is 0 Å². The van der Waals surface area contributed by atoms with Crippen molar-refractivity contribution in [2.75, 3.05) is 13.6 Å². The van der Waals surface area contributed by atoms with Gasteiger partial charge < -0.3 is 14.9 Å². The Hall–Kier alpha value is -0.900. The Balaban J connectivity index is 2.41. The SMILES string of the molecule is CN1CCCC1[CH]C(CC=O)=NO. The van der Waals surface area contributed by atoms with Gasteiger partial charge >= 0.3 is 0 Å². The van der Waals surface area contributed by atoms with E-state index in [4.69, 9.17) is 5.21 Å². The number of carbonyl (C=O) groups excluding carboxylic acids is 1. The molecule has 1 atom stereocenters. The maximum absolute atomic E-state index is 10.2. The highest BCUT2D eigenvalue weighted by Crippen LogP contribution is 2.17. The molecule has 1 fully saturated rings. The van der Waals surface area contributed by atoms with Crippen molar-refractivity contribution in [3.63, 3.8) is 0 Å². The first-order valence-corrected chi connectivity index (χ1v) is 4.47. The van der Waals surface area contributed by atoms with E-state index in [0.29, 0.717) is 11.8 Å². The van der Waals surface area contributed by atoms with Gasteiger partial charge in [-0.05, 0) is 26.4 Å². The molecule has 1 N–H and O–H groups in total. The topological polar surface area (TPSA) is 52.9 Å². The number of aldehydes is 1. The van der Waals surface area contributed by atoms with Crippen LogP contribution in [0.15, 0.2) is 5.16 Å². The number of hydrogen-bond donors (Lipinski definition) is 1. The molecule has 13 heavy (non-hydrogen) atoms. The zero-order valence-electron chi connectivity index (χ0n) is 7.81. The van der Waals surface area contributed by atoms with Crippen LogP contribution < -0.4 is 0 Å². The van der Waals surface area contributed by atoms with Gasteiger partial charge in [0, 0.05) is 18.9 Å². The second kappa shape index (κ2) is 4.97. The van der Waals surface area contributed by atoms with Gasteiger partial charge in [0.05, 0.1) is 5.71 Å². The highest BCUT2D eigenvalue weighted by Gasteiger charge is 2.22. The Kier molecular flexibility index (Phi) is 3.89.